The van der Waals surface area contributed by atoms with Crippen LogP contribution in [0, 0.1) is 6.92 Å². The molecular formula is C11H19NS. The van der Waals surface area contributed by atoms with Gasteiger partial charge in [0.2, 0.25) is 0 Å². The van der Waals surface area contributed by atoms with Crippen molar-refractivity contribution in [2.24, 2.45) is 0 Å². The molecule has 13 heavy (non-hydrogen) atoms. The molecule has 0 radical (unpaired) electrons. The molecule has 0 saturated heterocycles. The second kappa shape index (κ2) is 4.77. The van der Waals surface area contributed by atoms with Gasteiger partial charge in [-0.25, -0.2) is 0 Å². The monoisotopic (exact) mass is 197 g/mol. The van der Waals surface area contributed by atoms with Gasteiger partial charge in [-0.1, -0.05) is 13.3 Å². The van der Waals surface area contributed by atoms with Crippen LogP contribution < -0.4 is 0 Å². The van der Waals surface area contributed by atoms with Crippen LogP contribution in [0.4, 0.5) is 0 Å². The molecule has 0 aliphatic carbocycles. The number of aryl methyl sites for hydroxylation is 2. The molecule has 1 aromatic rings. The van der Waals surface area contributed by atoms with E-state index in [1.54, 1.807) is 10.4 Å². The summed E-state index contributed by atoms with van der Waals surface area (Å²) in [4.78, 5) is 5.23. The molecule has 1 aromatic heterocycles. The molecule has 0 atom stereocenters. The molecular weight excluding hydrogens is 178 g/mol. The van der Waals surface area contributed by atoms with Gasteiger partial charge in [-0.05, 0) is 39.1 Å². The minimum atomic E-state index is 1.09. The van der Waals surface area contributed by atoms with E-state index in [0.717, 1.165) is 6.54 Å². The topological polar surface area (TPSA) is 3.24 Å². The van der Waals surface area contributed by atoms with E-state index in [1.165, 1.54) is 17.7 Å². The van der Waals surface area contributed by atoms with Crippen LogP contribution in [0.3, 0.4) is 0 Å². The Morgan fingerprint density at radius 2 is 2.08 bits per heavy atom. The van der Waals surface area contributed by atoms with E-state index in [1.807, 2.05) is 11.3 Å². The Morgan fingerprint density at radius 1 is 1.38 bits per heavy atom. The van der Waals surface area contributed by atoms with Crippen LogP contribution in [0.25, 0.3) is 0 Å². The van der Waals surface area contributed by atoms with E-state index in [0.29, 0.717) is 0 Å². The molecule has 0 aromatic carbocycles. The van der Waals surface area contributed by atoms with Gasteiger partial charge < -0.3 is 4.90 Å². The average molecular weight is 197 g/mol. The Labute approximate surface area is 85.4 Å². The second-order valence-electron chi connectivity index (χ2n) is 3.79. The molecule has 0 unspecified atom stereocenters. The lowest BCUT2D eigenvalue weighted by atomic mass is 10.1. The highest BCUT2D eigenvalue weighted by molar-refractivity contribution is 7.12. The Balaban J connectivity index is 2.77. The van der Waals surface area contributed by atoms with Crippen LogP contribution >= 0.6 is 11.3 Å². The predicted molar refractivity (Wildman–Crippen MR) is 60.4 cm³/mol. The molecule has 1 heterocycles. The van der Waals surface area contributed by atoms with Crippen molar-refractivity contribution in [3.63, 3.8) is 0 Å². The summed E-state index contributed by atoms with van der Waals surface area (Å²) in [5.41, 5.74) is 1.55. The van der Waals surface area contributed by atoms with E-state index in [-0.39, 0.29) is 0 Å². The van der Waals surface area contributed by atoms with Gasteiger partial charge in [0.25, 0.3) is 0 Å². The van der Waals surface area contributed by atoms with Gasteiger partial charge in [-0.15, -0.1) is 11.3 Å². The number of nitrogens with zero attached hydrogens (tertiary/aromatic N) is 1. The van der Waals surface area contributed by atoms with Crippen molar-refractivity contribution < 1.29 is 0 Å². The molecule has 0 aliphatic rings. The molecule has 0 aliphatic heterocycles. The molecule has 0 fully saturated rings. The summed E-state index contributed by atoms with van der Waals surface area (Å²) in [7, 11) is 4.26. The number of thiophene rings is 1. The van der Waals surface area contributed by atoms with Gasteiger partial charge in [0.15, 0.2) is 0 Å². The van der Waals surface area contributed by atoms with Crippen molar-refractivity contribution in [1.29, 1.82) is 0 Å². The first-order chi connectivity index (χ1) is 6.13. The van der Waals surface area contributed by atoms with Crippen LogP contribution in [-0.2, 0) is 13.0 Å². The van der Waals surface area contributed by atoms with Crippen molar-refractivity contribution in [3.05, 3.63) is 21.4 Å². The fraction of sp³-hybridized carbons (Fsp3) is 0.636. The zero-order valence-corrected chi connectivity index (χ0v) is 9.87. The molecule has 0 bridgehead atoms. The lowest BCUT2D eigenvalue weighted by Crippen LogP contribution is -2.10. The Hall–Kier alpha value is -0.340. The Kier molecular flexibility index (Phi) is 3.94. The first kappa shape index (κ1) is 10.7. The fourth-order valence-corrected chi connectivity index (χ4v) is 2.72. The van der Waals surface area contributed by atoms with E-state index < -0.39 is 0 Å². The lowest BCUT2D eigenvalue weighted by Gasteiger charge is -2.09. The summed E-state index contributed by atoms with van der Waals surface area (Å²) < 4.78 is 0. The summed E-state index contributed by atoms with van der Waals surface area (Å²) in [6.07, 6.45) is 2.48. The highest BCUT2D eigenvalue weighted by Crippen LogP contribution is 2.23. The maximum atomic E-state index is 2.34. The van der Waals surface area contributed by atoms with Gasteiger partial charge >= 0.3 is 0 Å². The van der Waals surface area contributed by atoms with E-state index in [2.05, 4.69) is 38.9 Å². The van der Waals surface area contributed by atoms with Gasteiger partial charge in [0.1, 0.15) is 0 Å². The molecule has 74 valence electrons. The van der Waals surface area contributed by atoms with Crippen LogP contribution in [0.15, 0.2) is 6.07 Å². The molecule has 0 N–H and O–H groups in total. The number of hydrogen-bond acceptors (Lipinski definition) is 2. The molecule has 2 heteroatoms. The largest absolute Gasteiger partial charge is 0.304 e. The zero-order valence-electron chi connectivity index (χ0n) is 9.05. The quantitative estimate of drug-likeness (QED) is 0.717. The lowest BCUT2D eigenvalue weighted by molar-refractivity contribution is 0.405. The van der Waals surface area contributed by atoms with E-state index >= 15 is 0 Å². The molecule has 0 saturated carbocycles. The minimum Gasteiger partial charge on any atom is -0.304 e. The maximum absolute atomic E-state index is 2.34. The highest BCUT2D eigenvalue weighted by atomic mass is 32.1. The van der Waals surface area contributed by atoms with E-state index in [9.17, 15) is 0 Å². The van der Waals surface area contributed by atoms with Crippen LogP contribution in [0.5, 0.6) is 0 Å². The Morgan fingerprint density at radius 3 is 2.62 bits per heavy atom. The number of rotatable bonds is 4. The summed E-state index contributed by atoms with van der Waals surface area (Å²) >= 11 is 1.94. The summed E-state index contributed by atoms with van der Waals surface area (Å²) in [5.74, 6) is 0. The smallest absolute Gasteiger partial charge is 0.0324 e. The van der Waals surface area contributed by atoms with Crippen LogP contribution in [0.1, 0.15) is 28.7 Å². The maximum Gasteiger partial charge on any atom is 0.0324 e. The minimum absolute atomic E-state index is 1.09. The standard InChI is InChI=1S/C11H19NS/c1-5-6-10-7-9(2)13-11(10)8-12(3)4/h7H,5-6,8H2,1-4H3. The third-order valence-corrected chi connectivity index (χ3v) is 3.08. The Bertz CT molecular complexity index is 263. The molecule has 1 nitrogen and oxygen atoms in total. The molecule has 1 rings (SSSR count). The van der Waals surface area contributed by atoms with Crippen molar-refractivity contribution >= 4 is 11.3 Å². The van der Waals surface area contributed by atoms with Crippen molar-refractivity contribution in [2.45, 2.75) is 33.2 Å². The number of hydrogen-bond donors (Lipinski definition) is 0. The zero-order chi connectivity index (χ0) is 9.84. The van der Waals surface area contributed by atoms with Crippen molar-refractivity contribution in [3.8, 4) is 0 Å². The SMILES string of the molecule is CCCc1cc(C)sc1CN(C)C. The normalized spacial score (nSPS) is 11.2. The van der Waals surface area contributed by atoms with Crippen molar-refractivity contribution in [1.82, 2.24) is 4.90 Å². The predicted octanol–water partition coefficient (Wildman–Crippen LogP) is 3.07. The summed E-state index contributed by atoms with van der Waals surface area (Å²) in [6, 6.07) is 2.34. The summed E-state index contributed by atoms with van der Waals surface area (Å²) in [5, 5.41) is 0. The second-order valence-corrected chi connectivity index (χ2v) is 5.13. The van der Waals surface area contributed by atoms with Gasteiger partial charge in [-0.2, -0.15) is 0 Å². The van der Waals surface area contributed by atoms with Crippen molar-refractivity contribution in [2.75, 3.05) is 14.1 Å². The van der Waals surface area contributed by atoms with Gasteiger partial charge in [0.05, 0.1) is 0 Å². The third kappa shape index (κ3) is 3.12. The molecule has 0 spiro atoms. The van der Waals surface area contributed by atoms with Crippen LogP contribution in [-0.4, -0.2) is 19.0 Å². The highest BCUT2D eigenvalue weighted by Gasteiger charge is 2.06. The fourth-order valence-electron chi connectivity index (χ4n) is 1.52. The van der Waals surface area contributed by atoms with Crippen LogP contribution in [0.2, 0.25) is 0 Å². The average Bonchev–Trinajstić information content (AvgIpc) is 2.31. The molecule has 0 amide bonds. The first-order valence-electron chi connectivity index (χ1n) is 4.86. The third-order valence-electron chi connectivity index (χ3n) is 2.00. The van der Waals surface area contributed by atoms with E-state index in [4.69, 9.17) is 0 Å². The summed E-state index contributed by atoms with van der Waals surface area (Å²) in [6.45, 7) is 5.53. The van der Waals surface area contributed by atoms with Gasteiger partial charge in [-0.3, -0.25) is 0 Å². The van der Waals surface area contributed by atoms with Gasteiger partial charge in [0, 0.05) is 16.3 Å². The first-order valence-corrected chi connectivity index (χ1v) is 5.68.